The Labute approximate surface area is 152 Å². The maximum atomic E-state index is 13.3. The number of ether oxygens (including phenoxy) is 2. The number of carbonyl (C=O) groups excluding carboxylic acids is 1. The van der Waals surface area contributed by atoms with Gasteiger partial charge in [-0.05, 0) is 29.8 Å². The van der Waals surface area contributed by atoms with E-state index in [0.29, 0.717) is 45.6 Å². The van der Waals surface area contributed by atoms with E-state index in [9.17, 15) is 9.18 Å². The van der Waals surface area contributed by atoms with Crippen molar-refractivity contribution in [3.8, 4) is 0 Å². The highest BCUT2D eigenvalue weighted by atomic mass is 19.1. The summed E-state index contributed by atoms with van der Waals surface area (Å²) in [6, 6.07) is 10.1. The van der Waals surface area contributed by atoms with Gasteiger partial charge in [-0.2, -0.15) is 0 Å². The summed E-state index contributed by atoms with van der Waals surface area (Å²) < 4.78 is 26.7. The van der Waals surface area contributed by atoms with Crippen molar-refractivity contribution in [2.45, 2.75) is 31.1 Å². The Balaban J connectivity index is 1.46. The van der Waals surface area contributed by atoms with Gasteiger partial charge in [-0.3, -0.25) is 4.79 Å². The highest BCUT2D eigenvalue weighted by molar-refractivity contribution is 5.77. The fourth-order valence-electron chi connectivity index (χ4n) is 3.81. The fourth-order valence-corrected chi connectivity index (χ4v) is 3.81. The van der Waals surface area contributed by atoms with Gasteiger partial charge < -0.3 is 18.9 Å². The number of halogens is 1. The summed E-state index contributed by atoms with van der Waals surface area (Å²) in [5.41, 5.74) is 0.923. The first kappa shape index (κ1) is 17.2. The number of amides is 1. The molecule has 3 heterocycles. The van der Waals surface area contributed by atoms with Crippen molar-refractivity contribution in [2.75, 3.05) is 26.3 Å². The lowest BCUT2D eigenvalue weighted by atomic mass is 10.00. The third kappa shape index (κ3) is 3.52. The number of aromatic nitrogens is 1. The Kier molecular flexibility index (Phi) is 4.78. The second-order valence-electron chi connectivity index (χ2n) is 6.89. The van der Waals surface area contributed by atoms with Crippen molar-refractivity contribution in [2.24, 2.45) is 0 Å². The van der Waals surface area contributed by atoms with Gasteiger partial charge in [0.2, 0.25) is 5.91 Å². The summed E-state index contributed by atoms with van der Waals surface area (Å²) in [6.07, 6.45) is 5.64. The molecule has 0 aliphatic carbocycles. The van der Waals surface area contributed by atoms with E-state index in [1.54, 1.807) is 12.1 Å². The van der Waals surface area contributed by atoms with Crippen LogP contribution in [0.15, 0.2) is 48.8 Å². The zero-order valence-corrected chi connectivity index (χ0v) is 14.6. The number of likely N-dealkylation sites (tertiary alicyclic amines) is 1. The van der Waals surface area contributed by atoms with Crippen molar-refractivity contribution in [1.29, 1.82) is 0 Å². The molecule has 1 aromatic carbocycles. The Morgan fingerprint density at radius 2 is 1.69 bits per heavy atom. The molecule has 2 aliphatic rings. The number of hydrogen-bond acceptors (Lipinski definition) is 3. The minimum absolute atomic E-state index is 0.0980. The van der Waals surface area contributed by atoms with E-state index in [1.165, 1.54) is 12.1 Å². The van der Waals surface area contributed by atoms with Gasteiger partial charge in [-0.1, -0.05) is 12.1 Å². The van der Waals surface area contributed by atoms with Gasteiger partial charge in [0.05, 0.1) is 25.7 Å². The molecule has 5 nitrogen and oxygen atoms in total. The molecule has 1 spiro atoms. The van der Waals surface area contributed by atoms with E-state index in [2.05, 4.69) is 0 Å². The van der Waals surface area contributed by atoms with Crippen molar-refractivity contribution in [3.05, 3.63) is 60.2 Å². The van der Waals surface area contributed by atoms with Gasteiger partial charge in [-0.25, -0.2) is 4.39 Å². The molecule has 0 radical (unpaired) electrons. The number of rotatable bonds is 4. The first-order chi connectivity index (χ1) is 12.7. The van der Waals surface area contributed by atoms with Crippen LogP contribution in [0.2, 0.25) is 0 Å². The van der Waals surface area contributed by atoms with Crippen LogP contribution in [0, 0.1) is 5.82 Å². The van der Waals surface area contributed by atoms with Crippen molar-refractivity contribution >= 4 is 5.91 Å². The molecule has 2 aromatic rings. The molecule has 0 bridgehead atoms. The molecule has 0 N–H and O–H groups in total. The fraction of sp³-hybridized carbons (Fsp3) is 0.450. The molecule has 2 fully saturated rings. The first-order valence-electron chi connectivity index (χ1n) is 9.09. The molecule has 1 amide bonds. The average Bonchev–Trinajstić information content (AvgIpc) is 3.34. The normalized spacial score (nSPS) is 20.4. The molecule has 0 unspecified atom stereocenters. The summed E-state index contributed by atoms with van der Waals surface area (Å²) in [7, 11) is 0. The van der Waals surface area contributed by atoms with Crippen LogP contribution >= 0.6 is 0 Å². The number of nitrogens with zero attached hydrogens (tertiary/aromatic N) is 2. The molecule has 2 aliphatic heterocycles. The number of hydrogen-bond donors (Lipinski definition) is 0. The lowest BCUT2D eigenvalue weighted by Crippen LogP contribution is -2.47. The van der Waals surface area contributed by atoms with Crippen LogP contribution in [0.25, 0.3) is 0 Å². The van der Waals surface area contributed by atoms with Crippen LogP contribution in [-0.4, -0.2) is 47.5 Å². The zero-order chi connectivity index (χ0) is 18.0. The van der Waals surface area contributed by atoms with Gasteiger partial charge in [0, 0.05) is 38.3 Å². The Bertz CT molecular complexity index is 729. The molecule has 1 atom stereocenters. The molecule has 4 rings (SSSR count). The van der Waals surface area contributed by atoms with E-state index in [-0.39, 0.29) is 17.8 Å². The minimum Gasteiger partial charge on any atom is -0.347 e. The summed E-state index contributed by atoms with van der Waals surface area (Å²) in [6.45, 7) is 2.55. The number of carbonyl (C=O) groups is 1. The lowest BCUT2D eigenvalue weighted by molar-refractivity contribution is -0.187. The molecule has 138 valence electrons. The van der Waals surface area contributed by atoms with Gasteiger partial charge in [0.15, 0.2) is 5.79 Å². The van der Waals surface area contributed by atoms with E-state index >= 15 is 0 Å². The molecular weight excluding hydrogens is 335 g/mol. The lowest BCUT2D eigenvalue weighted by Gasteiger charge is -2.38. The second-order valence-corrected chi connectivity index (χ2v) is 6.89. The molecule has 0 saturated carbocycles. The smallest absolute Gasteiger partial charge is 0.225 e. The van der Waals surface area contributed by atoms with Crippen LogP contribution in [0.5, 0.6) is 0 Å². The molecule has 26 heavy (non-hydrogen) atoms. The predicted octanol–water partition coefficient (Wildman–Crippen LogP) is 2.97. The highest BCUT2D eigenvalue weighted by Gasteiger charge is 2.40. The number of piperidine rings is 1. The SMILES string of the molecule is O=C(C[C@@H](c1ccc(F)cc1)n1cccc1)N1CCC2(CC1)OCCO2. The number of benzene rings is 1. The molecule has 6 heteroatoms. The van der Waals surface area contributed by atoms with Gasteiger partial charge >= 0.3 is 0 Å². The quantitative estimate of drug-likeness (QED) is 0.844. The van der Waals surface area contributed by atoms with Gasteiger partial charge in [0.25, 0.3) is 0 Å². The van der Waals surface area contributed by atoms with Gasteiger partial charge in [0.1, 0.15) is 5.82 Å². The van der Waals surface area contributed by atoms with Crippen molar-refractivity contribution < 1.29 is 18.7 Å². The van der Waals surface area contributed by atoms with Crippen LogP contribution in [0.4, 0.5) is 4.39 Å². The van der Waals surface area contributed by atoms with E-state index in [0.717, 1.165) is 5.56 Å². The minimum atomic E-state index is -0.479. The summed E-state index contributed by atoms with van der Waals surface area (Å²) in [5.74, 6) is -0.654. The standard InChI is InChI=1S/C20H23FN2O3/c21-17-5-3-16(4-6-17)18(22-9-1-2-10-22)15-19(24)23-11-7-20(8-12-23)25-13-14-26-20/h1-6,9-10,18H,7-8,11-15H2/t18-/m0/s1. The first-order valence-corrected chi connectivity index (χ1v) is 9.09. The van der Waals surface area contributed by atoms with Crippen LogP contribution < -0.4 is 0 Å². The highest BCUT2D eigenvalue weighted by Crippen LogP contribution is 2.32. The van der Waals surface area contributed by atoms with E-state index in [1.807, 2.05) is 34.0 Å². The molecular formula is C20H23FN2O3. The second kappa shape index (κ2) is 7.21. The summed E-state index contributed by atoms with van der Waals surface area (Å²) in [4.78, 5) is 14.8. The maximum Gasteiger partial charge on any atom is 0.225 e. The molecule has 1 aromatic heterocycles. The Hall–Kier alpha value is -2.18. The monoisotopic (exact) mass is 358 g/mol. The van der Waals surface area contributed by atoms with Crippen molar-refractivity contribution in [1.82, 2.24) is 9.47 Å². The van der Waals surface area contributed by atoms with E-state index < -0.39 is 5.79 Å². The van der Waals surface area contributed by atoms with E-state index in [4.69, 9.17) is 9.47 Å². The predicted molar refractivity (Wildman–Crippen MR) is 94.0 cm³/mol. The largest absolute Gasteiger partial charge is 0.347 e. The third-order valence-corrected chi connectivity index (χ3v) is 5.30. The Morgan fingerprint density at radius 1 is 1.08 bits per heavy atom. The summed E-state index contributed by atoms with van der Waals surface area (Å²) in [5, 5.41) is 0. The zero-order valence-electron chi connectivity index (χ0n) is 14.6. The summed E-state index contributed by atoms with van der Waals surface area (Å²) >= 11 is 0. The van der Waals surface area contributed by atoms with Crippen LogP contribution in [-0.2, 0) is 14.3 Å². The Morgan fingerprint density at radius 3 is 2.31 bits per heavy atom. The topological polar surface area (TPSA) is 43.7 Å². The molecule has 2 saturated heterocycles. The van der Waals surface area contributed by atoms with Crippen LogP contribution in [0.1, 0.15) is 30.9 Å². The van der Waals surface area contributed by atoms with Crippen molar-refractivity contribution in [3.63, 3.8) is 0 Å². The van der Waals surface area contributed by atoms with Crippen LogP contribution in [0.3, 0.4) is 0 Å². The van der Waals surface area contributed by atoms with Gasteiger partial charge in [-0.15, -0.1) is 0 Å². The third-order valence-electron chi connectivity index (χ3n) is 5.30. The maximum absolute atomic E-state index is 13.3. The average molecular weight is 358 g/mol.